The van der Waals surface area contributed by atoms with Crippen molar-refractivity contribution in [3.8, 4) is 10.7 Å². The van der Waals surface area contributed by atoms with Crippen molar-refractivity contribution < 1.29 is 4.74 Å². The number of nitrogens with one attached hydrogen (secondary N) is 1. The van der Waals surface area contributed by atoms with E-state index in [4.69, 9.17) is 4.74 Å². The molecule has 0 radical (unpaired) electrons. The van der Waals surface area contributed by atoms with Gasteiger partial charge in [0.25, 0.3) is 0 Å². The number of H-pyrrole nitrogens is 1. The van der Waals surface area contributed by atoms with Gasteiger partial charge in [-0.05, 0) is 24.3 Å². The molecule has 1 saturated heterocycles. The largest absolute Gasteiger partial charge is 0.370 e. The van der Waals surface area contributed by atoms with Crippen molar-refractivity contribution >= 4 is 11.3 Å². The highest BCUT2D eigenvalue weighted by molar-refractivity contribution is 7.13. The molecule has 2 aromatic heterocycles. The number of hydrogen-bond donors (Lipinski definition) is 1. The number of rotatable bonds is 2. The van der Waals surface area contributed by atoms with Crippen LogP contribution in [0.5, 0.6) is 0 Å². The van der Waals surface area contributed by atoms with Crippen LogP contribution in [0.25, 0.3) is 10.7 Å². The lowest BCUT2D eigenvalue weighted by Crippen LogP contribution is -1.97. The van der Waals surface area contributed by atoms with Gasteiger partial charge in [0.15, 0.2) is 11.6 Å². The van der Waals surface area contributed by atoms with Crippen LogP contribution >= 0.6 is 11.3 Å². The maximum atomic E-state index is 5.54. The molecule has 1 aliphatic heterocycles. The molecule has 0 amide bonds. The van der Waals surface area contributed by atoms with Gasteiger partial charge in [0.2, 0.25) is 0 Å². The van der Waals surface area contributed by atoms with Gasteiger partial charge in [0.1, 0.15) is 6.10 Å². The van der Waals surface area contributed by atoms with Gasteiger partial charge in [-0.1, -0.05) is 6.07 Å². The number of nitrogens with zero attached hydrogens (tertiary/aromatic N) is 2. The van der Waals surface area contributed by atoms with Crippen molar-refractivity contribution in [2.45, 2.75) is 18.9 Å². The van der Waals surface area contributed by atoms with Gasteiger partial charge in [-0.2, -0.15) is 5.10 Å². The van der Waals surface area contributed by atoms with Crippen molar-refractivity contribution in [3.63, 3.8) is 0 Å². The average molecular weight is 221 g/mol. The van der Waals surface area contributed by atoms with Crippen LogP contribution in [0.2, 0.25) is 0 Å². The fraction of sp³-hybridized carbons (Fsp3) is 0.400. The van der Waals surface area contributed by atoms with Crippen molar-refractivity contribution in [3.05, 3.63) is 23.3 Å². The zero-order chi connectivity index (χ0) is 10.1. The summed E-state index contributed by atoms with van der Waals surface area (Å²) in [5.41, 5.74) is 0. The molecule has 1 fully saturated rings. The summed E-state index contributed by atoms with van der Waals surface area (Å²) in [5.74, 6) is 1.63. The van der Waals surface area contributed by atoms with Gasteiger partial charge < -0.3 is 4.74 Å². The summed E-state index contributed by atoms with van der Waals surface area (Å²) in [5, 5.41) is 9.18. The van der Waals surface area contributed by atoms with Crippen molar-refractivity contribution in [1.29, 1.82) is 0 Å². The third-order valence-corrected chi connectivity index (χ3v) is 3.34. The molecule has 0 aliphatic carbocycles. The third-order valence-electron chi connectivity index (χ3n) is 2.48. The van der Waals surface area contributed by atoms with E-state index in [1.165, 1.54) is 0 Å². The first kappa shape index (κ1) is 9.06. The molecule has 1 atom stereocenters. The maximum absolute atomic E-state index is 5.54. The molecule has 1 aliphatic rings. The van der Waals surface area contributed by atoms with Gasteiger partial charge in [-0.25, -0.2) is 4.98 Å². The summed E-state index contributed by atoms with van der Waals surface area (Å²) in [6, 6.07) is 4.02. The summed E-state index contributed by atoms with van der Waals surface area (Å²) in [6.07, 6.45) is 2.27. The number of aromatic amines is 1. The number of hydrogen-bond acceptors (Lipinski definition) is 4. The Morgan fingerprint density at radius 3 is 3.27 bits per heavy atom. The van der Waals surface area contributed by atoms with Gasteiger partial charge in [0, 0.05) is 6.61 Å². The molecule has 78 valence electrons. The third kappa shape index (κ3) is 1.68. The van der Waals surface area contributed by atoms with E-state index in [-0.39, 0.29) is 6.10 Å². The van der Waals surface area contributed by atoms with E-state index in [1.807, 2.05) is 17.5 Å². The molecule has 0 aromatic carbocycles. The van der Waals surface area contributed by atoms with Crippen LogP contribution in [0.4, 0.5) is 0 Å². The molecule has 5 heteroatoms. The highest BCUT2D eigenvalue weighted by Crippen LogP contribution is 2.28. The van der Waals surface area contributed by atoms with Crippen molar-refractivity contribution in [2.75, 3.05) is 6.61 Å². The zero-order valence-electron chi connectivity index (χ0n) is 8.14. The Hall–Kier alpha value is -1.20. The van der Waals surface area contributed by atoms with E-state index in [2.05, 4.69) is 15.2 Å². The van der Waals surface area contributed by atoms with E-state index in [0.29, 0.717) is 0 Å². The fourth-order valence-electron chi connectivity index (χ4n) is 1.73. The van der Waals surface area contributed by atoms with Crippen LogP contribution in [0.3, 0.4) is 0 Å². The van der Waals surface area contributed by atoms with E-state index >= 15 is 0 Å². The topological polar surface area (TPSA) is 50.8 Å². The molecule has 0 spiro atoms. The van der Waals surface area contributed by atoms with Gasteiger partial charge in [-0.3, -0.25) is 5.10 Å². The maximum Gasteiger partial charge on any atom is 0.191 e. The minimum Gasteiger partial charge on any atom is -0.370 e. The number of aromatic nitrogens is 3. The molecule has 1 unspecified atom stereocenters. The summed E-state index contributed by atoms with van der Waals surface area (Å²) in [7, 11) is 0. The quantitative estimate of drug-likeness (QED) is 0.847. The monoisotopic (exact) mass is 221 g/mol. The summed E-state index contributed by atoms with van der Waals surface area (Å²) < 4.78 is 5.54. The first-order valence-corrected chi connectivity index (χ1v) is 5.89. The average Bonchev–Trinajstić information content (AvgIpc) is 3.02. The Morgan fingerprint density at radius 2 is 2.53 bits per heavy atom. The smallest absolute Gasteiger partial charge is 0.191 e. The Morgan fingerprint density at radius 1 is 1.53 bits per heavy atom. The second kappa shape index (κ2) is 3.75. The first-order valence-electron chi connectivity index (χ1n) is 5.01. The molecule has 3 rings (SSSR count). The zero-order valence-corrected chi connectivity index (χ0v) is 8.96. The molecule has 15 heavy (non-hydrogen) atoms. The minimum atomic E-state index is 0.117. The Balaban J connectivity index is 1.87. The van der Waals surface area contributed by atoms with Crippen molar-refractivity contribution in [1.82, 2.24) is 15.2 Å². The van der Waals surface area contributed by atoms with Crippen molar-refractivity contribution in [2.24, 2.45) is 0 Å². The van der Waals surface area contributed by atoms with E-state index in [0.717, 1.165) is 36.0 Å². The summed E-state index contributed by atoms with van der Waals surface area (Å²) >= 11 is 1.65. The molecular weight excluding hydrogens is 210 g/mol. The van der Waals surface area contributed by atoms with E-state index < -0.39 is 0 Å². The first-order chi connectivity index (χ1) is 7.43. The van der Waals surface area contributed by atoms with Crippen LogP contribution in [0, 0.1) is 0 Å². The molecule has 0 saturated carbocycles. The van der Waals surface area contributed by atoms with Gasteiger partial charge in [0.05, 0.1) is 4.88 Å². The molecule has 1 N–H and O–H groups in total. The van der Waals surface area contributed by atoms with Crippen LogP contribution in [0.1, 0.15) is 24.8 Å². The fourth-order valence-corrected chi connectivity index (χ4v) is 2.39. The highest BCUT2D eigenvalue weighted by atomic mass is 32.1. The molecule has 2 aromatic rings. The van der Waals surface area contributed by atoms with Crippen LogP contribution < -0.4 is 0 Å². The minimum absolute atomic E-state index is 0.117. The standard InChI is InChI=1S/C10H11N3OS/c1-3-7(14-5-1)9-11-10(13-12-9)8-4-2-6-15-8/h2,4,6-7H,1,3,5H2,(H,11,12,13). The summed E-state index contributed by atoms with van der Waals surface area (Å²) in [4.78, 5) is 5.55. The lowest BCUT2D eigenvalue weighted by molar-refractivity contribution is 0.105. The van der Waals surface area contributed by atoms with Crippen LogP contribution in [-0.2, 0) is 4.74 Å². The SMILES string of the molecule is c1csc(-c2n[nH]c(C3CCCO3)n2)c1. The van der Waals surface area contributed by atoms with Gasteiger partial charge in [-0.15, -0.1) is 11.3 Å². The summed E-state index contributed by atoms with van der Waals surface area (Å²) in [6.45, 7) is 0.833. The Bertz CT molecular complexity index is 431. The second-order valence-electron chi connectivity index (χ2n) is 3.52. The predicted molar refractivity (Wildman–Crippen MR) is 57.6 cm³/mol. The number of ether oxygens (including phenoxy) is 1. The Labute approximate surface area is 91.3 Å². The second-order valence-corrected chi connectivity index (χ2v) is 4.47. The Kier molecular flexibility index (Phi) is 2.26. The van der Waals surface area contributed by atoms with Crippen LogP contribution in [0.15, 0.2) is 17.5 Å². The normalized spacial score (nSPS) is 20.9. The molecule has 0 bridgehead atoms. The lowest BCUT2D eigenvalue weighted by atomic mass is 10.2. The van der Waals surface area contributed by atoms with Gasteiger partial charge >= 0.3 is 0 Å². The van der Waals surface area contributed by atoms with E-state index in [9.17, 15) is 0 Å². The molecular formula is C10H11N3OS. The van der Waals surface area contributed by atoms with Crippen LogP contribution in [-0.4, -0.2) is 21.8 Å². The predicted octanol–water partition coefficient (Wildman–Crippen LogP) is 2.38. The lowest BCUT2D eigenvalue weighted by Gasteiger charge is -2.02. The molecule has 3 heterocycles. The van der Waals surface area contributed by atoms with E-state index in [1.54, 1.807) is 11.3 Å². The number of thiophene rings is 1. The molecule has 4 nitrogen and oxygen atoms in total. The highest BCUT2D eigenvalue weighted by Gasteiger charge is 2.21.